The van der Waals surface area contributed by atoms with Crippen molar-refractivity contribution in [2.24, 2.45) is 7.05 Å². The molecule has 1 fully saturated rings. The zero-order chi connectivity index (χ0) is 22.8. The van der Waals surface area contributed by atoms with E-state index in [0.29, 0.717) is 17.1 Å². The SMILES string of the molecule is CCN(CC)c1ccc(NS(=O)(=O)c2cc(C(=O)N3CCCCC3)n(C)c2C)c(C)c1. The van der Waals surface area contributed by atoms with Gasteiger partial charge in [-0.25, -0.2) is 8.42 Å². The van der Waals surface area contributed by atoms with Crippen LogP contribution >= 0.6 is 0 Å². The van der Waals surface area contributed by atoms with Crippen LogP contribution < -0.4 is 9.62 Å². The maximum Gasteiger partial charge on any atom is 0.270 e. The molecule has 0 radical (unpaired) electrons. The van der Waals surface area contributed by atoms with Gasteiger partial charge in [0.1, 0.15) is 10.6 Å². The van der Waals surface area contributed by atoms with E-state index < -0.39 is 10.0 Å². The summed E-state index contributed by atoms with van der Waals surface area (Å²) in [5.41, 5.74) is 3.42. The maximum absolute atomic E-state index is 13.2. The Labute approximate surface area is 186 Å². The van der Waals surface area contributed by atoms with Gasteiger partial charge in [-0.1, -0.05) is 0 Å². The molecule has 7 nitrogen and oxygen atoms in total. The second-order valence-electron chi connectivity index (χ2n) is 8.17. The first-order valence-electron chi connectivity index (χ1n) is 11.0. The van der Waals surface area contributed by atoms with Crippen molar-refractivity contribution in [1.82, 2.24) is 9.47 Å². The third-order valence-electron chi connectivity index (χ3n) is 6.22. The highest BCUT2D eigenvalue weighted by atomic mass is 32.2. The molecule has 0 aliphatic carbocycles. The number of likely N-dealkylation sites (tertiary alicyclic amines) is 1. The van der Waals surface area contributed by atoms with Crippen molar-refractivity contribution < 1.29 is 13.2 Å². The minimum absolute atomic E-state index is 0.105. The second-order valence-corrected chi connectivity index (χ2v) is 9.82. The Morgan fingerprint density at radius 2 is 1.71 bits per heavy atom. The fraction of sp³-hybridized carbons (Fsp3) is 0.522. The van der Waals surface area contributed by atoms with Gasteiger partial charge in [0.25, 0.3) is 15.9 Å². The van der Waals surface area contributed by atoms with Gasteiger partial charge in [0.2, 0.25) is 0 Å². The summed E-state index contributed by atoms with van der Waals surface area (Å²) >= 11 is 0. The van der Waals surface area contributed by atoms with Gasteiger partial charge in [0, 0.05) is 44.6 Å². The van der Waals surface area contributed by atoms with E-state index in [4.69, 9.17) is 0 Å². The molecule has 1 aliphatic rings. The quantitative estimate of drug-likeness (QED) is 0.700. The molecule has 2 aromatic rings. The summed E-state index contributed by atoms with van der Waals surface area (Å²) in [6, 6.07) is 7.24. The number of benzene rings is 1. The van der Waals surface area contributed by atoms with Crippen molar-refractivity contribution >= 4 is 27.3 Å². The minimum atomic E-state index is -3.83. The Morgan fingerprint density at radius 3 is 2.29 bits per heavy atom. The number of piperidine rings is 1. The molecule has 1 aromatic heterocycles. The average Bonchev–Trinajstić information content (AvgIpc) is 3.06. The van der Waals surface area contributed by atoms with E-state index in [-0.39, 0.29) is 10.8 Å². The number of sulfonamides is 1. The van der Waals surface area contributed by atoms with Gasteiger partial charge < -0.3 is 14.4 Å². The molecule has 1 aromatic carbocycles. The van der Waals surface area contributed by atoms with Crippen LogP contribution in [0.25, 0.3) is 0 Å². The van der Waals surface area contributed by atoms with Gasteiger partial charge in [-0.05, 0) is 76.8 Å². The van der Waals surface area contributed by atoms with Crippen LogP contribution in [0.2, 0.25) is 0 Å². The van der Waals surface area contributed by atoms with Crippen LogP contribution in [0, 0.1) is 13.8 Å². The topological polar surface area (TPSA) is 74.7 Å². The van der Waals surface area contributed by atoms with Crippen molar-refractivity contribution in [2.45, 2.75) is 51.9 Å². The van der Waals surface area contributed by atoms with Crippen LogP contribution in [0.1, 0.15) is 54.9 Å². The number of nitrogens with one attached hydrogen (secondary N) is 1. The first-order valence-corrected chi connectivity index (χ1v) is 12.5. The normalized spacial score (nSPS) is 14.5. The highest BCUT2D eigenvalue weighted by molar-refractivity contribution is 7.92. The Hall–Kier alpha value is -2.48. The number of nitrogens with zero attached hydrogens (tertiary/aromatic N) is 3. The molecule has 0 saturated carbocycles. The van der Waals surface area contributed by atoms with Crippen LogP contribution in [0.5, 0.6) is 0 Å². The Kier molecular flexibility index (Phi) is 6.99. The number of carbonyl (C=O) groups is 1. The molecular formula is C23H34N4O3S. The monoisotopic (exact) mass is 446 g/mol. The first kappa shape index (κ1) is 23.2. The largest absolute Gasteiger partial charge is 0.372 e. The number of hydrogen-bond acceptors (Lipinski definition) is 4. The number of rotatable bonds is 7. The summed E-state index contributed by atoms with van der Waals surface area (Å²) < 4.78 is 30.8. The third-order valence-corrected chi connectivity index (χ3v) is 7.70. The van der Waals surface area contributed by atoms with Gasteiger partial charge >= 0.3 is 0 Å². The van der Waals surface area contributed by atoms with Gasteiger partial charge in [0.05, 0.1) is 5.69 Å². The molecule has 0 bridgehead atoms. The van der Waals surface area contributed by atoms with Crippen LogP contribution in [0.15, 0.2) is 29.2 Å². The van der Waals surface area contributed by atoms with Crippen LogP contribution in [0.4, 0.5) is 11.4 Å². The molecule has 1 aliphatic heterocycles. The number of hydrogen-bond donors (Lipinski definition) is 1. The molecular weight excluding hydrogens is 412 g/mol. The first-order chi connectivity index (χ1) is 14.7. The molecule has 3 rings (SSSR count). The minimum Gasteiger partial charge on any atom is -0.372 e. The van der Waals surface area contributed by atoms with Gasteiger partial charge in [-0.2, -0.15) is 0 Å². The number of aryl methyl sites for hydroxylation is 1. The summed E-state index contributed by atoms with van der Waals surface area (Å²) in [6.07, 6.45) is 3.11. The number of carbonyl (C=O) groups excluding carboxylic acids is 1. The zero-order valence-electron chi connectivity index (χ0n) is 19.2. The summed E-state index contributed by atoms with van der Waals surface area (Å²) in [6.45, 7) is 11.0. The smallest absolute Gasteiger partial charge is 0.270 e. The molecule has 0 atom stereocenters. The standard InChI is InChI=1S/C23H34N4O3S/c1-6-26(7-2)19-11-12-20(17(3)15-19)24-31(29,30)22-16-21(25(5)18(22)4)23(28)27-13-9-8-10-14-27/h11-12,15-16,24H,6-10,13-14H2,1-5H3. The van der Waals surface area contributed by atoms with Gasteiger partial charge in [0.15, 0.2) is 0 Å². The molecule has 1 amide bonds. The summed E-state index contributed by atoms with van der Waals surface area (Å²) in [5.74, 6) is -0.105. The van der Waals surface area contributed by atoms with Gasteiger partial charge in [-0.3, -0.25) is 9.52 Å². The van der Waals surface area contributed by atoms with Crippen LogP contribution in [-0.4, -0.2) is 50.0 Å². The summed E-state index contributed by atoms with van der Waals surface area (Å²) in [7, 11) is -2.09. The highest BCUT2D eigenvalue weighted by Gasteiger charge is 2.27. The predicted molar refractivity (Wildman–Crippen MR) is 125 cm³/mol. The second kappa shape index (κ2) is 9.34. The van der Waals surface area contributed by atoms with Gasteiger partial charge in [-0.15, -0.1) is 0 Å². The van der Waals surface area contributed by atoms with E-state index in [1.807, 2.05) is 24.0 Å². The predicted octanol–water partition coefficient (Wildman–Crippen LogP) is 3.92. The van der Waals surface area contributed by atoms with E-state index >= 15 is 0 Å². The molecule has 1 N–H and O–H groups in total. The lowest BCUT2D eigenvalue weighted by Gasteiger charge is -2.26. The summed E-state index contributed by atoms with van der Waals surface area (Å²) in [4.78, 5) is 17.1. The fourth-order valence-electron chi connectivity index (χ4n) is 4.16. The summed E-state index contributed by atoms with van der Waals surface area (Å²) in [5, 5.41) is 0. The number of amides is 1. The lowest BCUT2D eigenvalue weighted by molar-refractivity contribution is 0.0714. The lowest BCUT2D eigenvalue weighted by Crippen LogP contribution is -2.36. The van der Waals surface area contributed by atoms with Crippen molar-refractivity contribution in [2.75, 3.05) is 35.8 Å². The molecule has 1 saturated heterocycles. The van der Waals surface area contributed by atoms with Crippen molar-refractivity contribution in [3.8, 4) is 0 Å². The number of aromatic nitrogens is 1. The van der Waals surface area contributed by atoms with E-state index in [0.717, 1.165) is 56.7 Å². The maximum atomic E-state index is 13.2. The molecule has 8 heteroatoms. The van der Waals surface area contributed by atoms with Crippen molar-refractivity contribution in [3.63, 3.8) is 0 Å². The van der Waals surface area contributed by atoms with Crippen LogP contribution in [0.3, 0.4) is 0 Å². The Morgan fingerprint density at radius 1 is 1.06 bits per heavy atom. The third kappa shape index (κ3) is 4.74. The lowest BCUT2D eigenvalue weighted by atomic mass is 10.1. The molecule has 0 unspecified atom stereocenters. The average molecular weight is 447 g/mol. The zero-order valence-corrected chi connectivity index (χ0v) is 20.1. The Bertz CT molecular complexity index is 1050. The van der Waals surface area contributed by atoms with Crippen LogP contribution in [-0.2, 0) is 17.1 Å². The molecule has 31 heavy (non-hydrogen) atoms. The van der Waals surface area contributed by atoms with Crippen molar-refractivity contribution in [3.05, 3.63) is 41.2 Å². The van der Waals surface area contributed by atoms with E-state index in [9.17, 15) is 13.2 Å². The van der Waals surface area contributed by atoms with E-state index in [1.54, 1.807) is 24.6 Å². The Balaban J connectivity index is 1.88. The molecule has 170 valence electrons. The highest BCUT2D eigenvalue weighted by Crippen LogP contribution is 2.28. The van der Waals surface area contributed by atoms with Crippen molar-refractivity contribution in [1.29, 1.82) is 0 Å². The number of anilines is 2. The van der Waals surface area contributed by atoms with E-state index in [1.165, 1.54) is 6.07 Å². The molecule has 2 heterocycles. The fourth-order valence-corrected chi connectivity index (χ4v) is 5.58. The molecule has 0 spiro atoms. The van der Waals surface area contributed by atoms with E-state index in [2.05, 4.69) is 23.5 Å².